The van der Waals surface area contributed by atoms with Gasteiger partial charge in [0.1, 0.15) is 0 Å². The molecule has 172 valence electrons. The third-order valence-electron chi connectivity index (χ3n) is 6.24. The molecule has 3 amide bonds. The second-order valence-corrected chi connectivity index (χ2v) is 8.49. The lowest BCUT2D eigenvalue weighted by molar-refractivity contribution is -0.188. The number of imide groups is 1. The summed E-state index contributed by atoms with van der Waals surface area (Å²) in [6.07, 6.45) is 8.76. The molecule has 0 bridgehead atoms. The van der Waals surface area contributed by atoms with Crippen LogP contribution in [0.2, 0.25) is 0 Å². The molecule has 8 nitrogen and oxygen atoms in total. The molecular formula is C23H36N4O4. The molecule has 1 saturated heterocycles. The molecule has 1 spiro atoms. The van der Waals surface area contributed by atoms with Gasteiger partial charge in [0.2, 0.25) is 5.91 Å². The number of hydrogen-bond acceptors (Lipinski definition) is 6. The minimum Gasteiger partial charge on any atom is -0.348 e. The van der Waals surface area contributed by atoms with Crippen molar-refractivity contribution in [1.29, 1.82) is 0 Å². The first-order valence-electron chi connectivity index (χ1n) is 11.5. The predicted octanol–water partition coefficient (Wildman–Crippen LogP) is 2.34. The average Bonchev–Trinajstić information content (AvgIpc) is 3.22. The molecular weight excluding hydrogens is 396 g/mol. The Labute approximate surface area is 185 Å². The van der Waals surface area contributed by atoms with Gasteiger partial charge >= 0.3 is 6.03 Å². The normalized spacial score (nSPS) is 21.0. The van der Waals surface area contributed by atoms with E-state index in [2.05, 4.69) is 15.6 Å². The SMILES string of the molecule is CCN(C(=O)NCCc1cccnc1)C(=O)C(CNC)CC1CCCC2(C1)OCCO2. The zero-order valence-electron chi connectivity index (χ0n) is 18.8. The van der Waals surface area contributed by atoms with Crippen LogP contribution in [0.15, 0.2) is 24.5 Å². The average molecular weight is 433 g/mol. The Kier molecular flexibility index (Phi) is 8.80. The highest BCUT2D eigenvalue weighted by molar-refractivity contribution is 5.95. The highest BCUT2D eigenvalue weighted by Gasteiger charge is 2.42. The summed E-state index contributed by atoms with van der Waals surface area (Å²) in [7, 11) is 1.84. The molecule has 3 rings (SSSR count). The molecule has 1 aromatic rings. The molecule has 1 saturated carbocycles. The van der Waals surface area contributed by atoms with Crippen LogP contribution in [0.3, 0.4) is 0 Å². The quantitative estimate of drug-likeness (QED) is 0.622. The van der Waals surface area contributed by atoms with E-state index in [4.69, 9.17) is 9.47 Å². The smallest absolute Gasteiger partial charge is 0.324 e. The van der Waals surface area contributed by atoms with Gasteiger partial charge in [-0.1, -0.05) is 12.5 Å². The number of rotatable bonds is 9. The maximum atomic E-state index is 13.3. The second kappa shape index (κ2) is 11.5. The van der Waals surface area contributed by atoms with Crippen molar-refractivity contribution in [1.82, 2.24) is 20.5 Å². The Morgan fingerprint density at radius 2 is 2.16 bits per heavy atom. The van der Waals surface area contributed by atoms with E-state index in [1.54, 1.807) is 12.4 Å². The number of amides is 3. The van der Waals surface area contributed by atoms with Crippen molar-refractivity contribution in [3.8, 4) is 0 Å². The van der Waals surface area contributed by atoms with E-state index < -0.39 is 5.79 Å². The Hall–Kier alpha value is -2.03. The molecule has 8 heteroatoms. The van der Waals surface area contributed by atoms with Crippen LogP contribution in [-0.2, 0) is 20.7 Å². The van der Waals surface area contributed by atoms with E-state index in [9.17, 15) is 9.59 Å². The van der Waals surface area contributed by atoms with Crippen LogP contribution in [0.1, 0.15) is 44.6 Å². The van der Waals surface area contributed by atoms with Gasteiger partial charge in [0.25, 0.3) is 0 Å². The molecule has 0 aromatic carbocycles. The molecule has 2 unspecified atom stereocenters. The first-order valence-corrected chi connectivity index (χ1v) is 11.5. The summed E-state index contributed by atoms with van der Waals surface area (Å²) in [6, 6.07) is 3.51. The van der Waals surface area contributed by atoms with Gasteiger partial charge in [0.05, 0.1) is 19.1 Å². The molecule has 2 N–H and O–H groups in total. The molecule has 2 heterocycles. The van der Waals surface area contributed by atoms with Crippen molar-refractivity contribution in [2.45, 2.75) is 51.2 Å². The zero-order chi connectivity index (χ0) is 22.1. The highest BCUT2D eigenvalue weighted by atomic mass is 16.7. The molecule has 2 aliphatic rings. The summed E-state index contributed by atoms with van der Waals surface area (Å²) >= 11 is 0. The van der Waals surface area contributed by atoms with E-state index in [1.807, 2.05) is 26.1 Å². The first kappa shape index (κ1) is 23.6. The van der Waals surface area contributed by atoms with Gasteiger partial charge in [-0.2, -0.15) is 0 Å². The number of nitrogens with zero attached hydrogens (tertiary/aromatic N) is 2. The summed E-state index contributed by atoms with van der Waals surface area (Å²) in [6.45, 7) is 4.49. The molecule has 1 aromatic heterocycles. The maximum Gasteiger partial charge on any atom is 0.324 e. The summed E-state index contributed by atoms with van der Waals surface area (Å²) in [5.74, 6) is -0.481. The van der Waals surface area contributed by atoms with Crippen LogP contribution in [0.4, 0.5) is 4.79 Å². The Balaban J connectivity index is 1.55. The maximum absolute atomic E-state index is 13.3. The van der Waals surface area contributed by atoms with Crippen molar-refractivity contribution in [3.05, 3.63) is 30.1 Å². The van der Waals surface area contributed by atoms with Gasteiger partial charge in [-0.3, -0.25) is 14.7 Å². The largest absolute Gasteiger partial charge is 0.348 e. The van der Waals surface area contributed by atoms with Gasteiger partial charge < -0.3 is 20.1 Å². The van der Waals surface area contributed by atoms with E-state index in [0.29, 0.717) is 45.2 Å². The summed E-state index contributed by atoms with van der Waals surface area (Å²) in [5.41, 5.74) is 1.05. The summed E-state index contributed by atoms with van der Waals surface area (Å²) in [4.78, 5) is 31.4. The molecule has 31 heavy (non-hydrogen) atoms. The monoisotopic (exact) mass is 432 g/mol. The number of pyridine rings is 1. The Bertz CT molecular complexity index is 709. The van der Waals surface area contributed by atoms with Gasteiger partial charge in [-0.25, -0.2) is 4.79 Å². The van der Waals surface area contributed by atoms with Crippen LogP contribution < -0.4 is 10.6 Å². The number of carbonyl (C=O) groups excluding carboxylic acids is 2. The van der Waals surface area contributed by atoms with E-state index >= 15 is 0 Å². The fraction of sp³-hybridized carbons (Fsp3) is 0.696. The fourth-order valence-electron chi connectivity index (χ4n) is 4.76. The number of carbonyl (C=O) groups is 2. The topological polar surface area (TPSA) is 92.8 Å². The van der Waals surface area contributed by atoms with Gasteiger partial charge in [0.15, 0.2) is 5.79 Å². The van der Waals surface area contributed by atoms with Crippen LogP contribution in [0, 0.1) is 11.8 Å². The van der Waals surface area contributed by atoms with E-state index in [0.717, 1.165) is 37.7 Å². The third kappa shape index (κ3) is 6.48. The minimum absolute atomic E-state index is 0.122. The summed E-state index contributed by atoms with van der Waals surface area (Å²) in [5, 5.41) is 6.01. The second-order valence-electron chi connectivity index (χ2n) is 8.49. The zero-order valence-corrected chi connectivity index (χ0v) is 18.8. The van der Waals surface area contributed by atoms with Gasteiger partial charge in [0, 0.05) is 44.9 Å². The van der Waals surface area contributed by atoms with E-state index in [-0.39, 0.29) is 17.9 Å². The molecule has 2 fully saturated rings. The lowest BCUT2D eigenvalue weighted by Crippen LogP contribution is -2.49. The van der Waals surface area contributed by atoms with Gasteiger partial charge in [-0.15, -0.1) is 0 Å². The predicted molar refractivity (Wildman–Crippen MR) is 117 cm³/mol. The molecule has 2 atom stereocenters. The molecule has 1 aliphatic carbocycles. The van der Waals surface area contributed by atoms with Crippen molar-refractivity contribution in [2.75, 3.05) is 39.9 Å². The number of hydrogen-bond donors (Lipinski definition) is 2. The van der Waals surface area contributed by atoms with Crippen molar-refractivity contribution in [2.24, 2.45) is 11.8 Å². The first-order chi connectivity index (χ1) is 15.1. The lowest BCUT2D eigenvalue weighted by Gasteiger charge is -2.37. The fourth-order valence-corrected chi connectivity index (χ4v) is 4.76. The van der Waals surface area contributed by atoms with Crippen molar-refractivity contribution < 1.29 is 19.1 Å². The molecule has 1 aliphatic heterocycles. The number of aromatic nitrogens is 1. The standard InChI is InChI=1S/C23H36N4O4/c1-3-27(22(29)26-11-8-18-7-5-10-25-16-18)21(28)20(17-24-2)14-19-6-4-9-23(15-19)30-12-13-31-23/h5,7,10,16,19-20,24H,3-4,6,8-9,11-15,17H2,1-2H3,(H,26,29). The Morgan fingerprint density at radius 1 is 1.35 bits per heavy atom. The highest BCUT2D eigenvalue weighted by Crippen LogP contribution is 2.41. The minimum atomic E-state index is -0.454. The Morgan fingerprint density at radius 3 is 2.84 bits per heavy atom. The van der Waals surface area contributed by atoms with Crippen LogP contribution in [0.5, 0.6) is 0 Å². The van der Waals surface area contributed by atoms with Crippen LogP contribution in [0.25, 0.3) is 0 Å². The van der Waals surface area contributed by atoms with E-state index in [1.165, 1.54) is 4.90 Å². The summed E-state index contributed by atoms with van der Waals surface area (Å²) < 4.78 is 11.8. The lowest BCUT2D eigenvalue weighted by atomic mass is 9.79. The van der Waals surface area contributed by atoms with Crippen LogP contribution in [-0.4, -0.2) is 67.5 Å². The van der Waals surface area contributed by atoms with Crippen molar-refractivity contribution in [3.63, 3.8) is 0 Å². The third-order valence-corrected chi connectivity index (χ3v) is 6.24. The molecule has 0 radical (unpaired) electrons. The van der Waals surface area contributed by atoms with Crippen LogP contribution >= 0.6 is 0 Å². The number of urea groups is 1. The number of ether oxygens (including phenoxy) is 2. The van der Waals surface area contributed by atoms with Crippen molar-refractivity contribution >= 4 is 11.9 Å². The number of nitrogens with one attached hydrogen (secondary N) is 2. The van der Waals surface area contributed by atoms with Gasteiger partial charge in [-0.05, 0) is 50.8 Å².